The molecule has 190 valence electrons. The molecule has 0 radical (unpaired) electrons. The number of phenolic OH excluding ortho intramolecular Hbond substituents is 1. The standard InChI is InChI=1S/C22H34N4O8/c1-4-11(2)18(26-19(30)16(10-27)25-20(31)17(23)12(3)28)21(32)24-15(22(33)34)9-13-5-7-14(29)8-6-13/h5-8,11-12,15-18,27-29H,4,9-10,23H2,1-3H3,(H,24,32)(H,25,31)(H,26,30)(H,33,34). The molecule has 0 fully saturated rings. The van der Waals surface area contributed by atoms with Gasteiger partial charge in [0.25, 0.3) is 0 Å². The fraction of sp³-hybridized carbons (Fsp3) is 0.545. The molecule has 6 unspecified atom stereocenters. The minimum atomic E-state index is -1.44. The first-order valence-corrected chi connectivity index (χ1v) is 10.9. The van der Waals surface area contributed by atoms with Crippen LogP contribution >= 0.6 is 0 Å². The smallest absolute Gasteiger partial charge is 0.326 e. The lowest BCUT2D eigenvalue weighted by Gasteiger charge is -2.27. The van der Waals surface area contributed by atoms with Gasteiger partial charge in [-0.1, -0.05) is 32.4 Å². The molecule has 0 heterocycles. The van der Waals surface area contributed by atoms with Gasteiger partial charge in [0.15, 0.2) is 0 Å². The van der Waals surface area contributed by atoms with Crippen LogP contribution in [0.25, 0.3) is 0 Å². The van der Waals surface area contributed by atoms with Gasteiger partial charge in [-0.2, -0.15) is 0 Å². The number of nitrogens with two attached hydrogens (primary N) is 1. The van der Waals surface area contributed by atoms with Gasteiger partial charge in [-0.15, -0.1) is 0 Å². The number of aliphatic hydroxyl groups excluding tert-OH is 2. The number of aliphatic carboxylic acids is 1. The van der Waals surface area contributed by atoms with Gasteiger partial charge in [-0.05, 0) is 30.5 Å². The summed E-state index contributed by atoms with van der Waals surface area (Å²) < 4.78 is 0. The van der Waals surface area contributed by atoms with Crippen molar-refractivity contribution in [2.45, 2.75) is 63.9 Å². The Morgan fingerprint density at radius 2 is 1.50 bits per heavy atom. The minimum absolute atomic E-state index is 0.0131. The first kappa shape index (κ1) is 28.8. The fourth-order valence-electron chi connectivity index (χ4n) is 2.97. The molecule has 1 aromatic rings. The third kappa shape index (κ3) is 8.61. The molecule has 0 aliphatic heterocycles. The molecular formula is C22H34N4O8. The molecule has 3 amide bonds. The predicted molar refractivity (Wildman–Crippen MR) is 121 cm³/mol. The lowest BCUT2D eigenvalue weighted by molar-refractivity contribution is -0.142. The largest absolute Gasteiger partial charge is 0.508 e. The molecule has 0 saturated carbocycles. The first-order chi connectivity index (χ1) is 15.9. The first-order valence-electron chi connectivity index (χ1n) is 10.9. The van der Waals surface area contributed by atoms with Gasteiger partial charge in [0.2, 0.25) is 17.7 Å². The van der Waals surface area contributed by atoms with Gasteiger partial charge in [-0.25, -0.2) is 4.79 Å². The Labute approximate surface area is 197 Å². The molecule has 0 spiro atoms. The number of benzene rings is 1. The highest BCUT2D eigenvalue weighted by Crippen LogP contribution is 2.13. The summed E-state index contributed by atoms with van der Waals surface area (Å²) in [6, 6.07) is 0.607. The zero-order valence-corrected chi connectivity index (χ0v) is 19.4. The maximum absolute atomic E-state index is 12.9. The van der Waals surface area contributed by atoms with Crippen molar-refractivity contribution in [3.8, 4) is 5.75 Å². The normalized spacial score (nSPS) is 16.3. The van der Waals surface area contributed by atoms with Gasteiger partial charge in [0.05, 0.1) is 12.7 Å². The van der Waals surface area contributed by atoms with Crippen molar-refractivity contribution < 1.29 is 39.6 Å². The van der Waals surface area contributed by atoms with E-state index in [2.05, 4.69) is 16.0 Å². The Kier molecular flexibility index (Phi) is 11.4. The zero-order valence-electron chi connectivity index (χ0n) is 19.4. The van der Waals surface area contributed by atoms with Crippen LogP contribution in [0.4, 0.5) is 0 Å². The lowest BCUT2D eigenvalue weighted by Crippen LogP contribution is -2.60. The van der Waals surface area contributed by atoms with Crippen molar-refractivity contribution in [3.05, 3.63) is 29.8 Å². The van der Waals surface area contributed by atoms with Crippen LogP contribution < -0.4 is 21.7 Å². The maximum Gasteiger partial charge on any atom is 0.326 e. The molecule has 0 aliphatic rings. The number of carboxylic acids is 1. The molecule has 0 bridgehead atoms. The van der Waals surface area contributed by atoms with E-state index in [4.69, 9.17) is 5.73 Å². The van der Waals surface area contributed by atoms with Crippen LogP contribution in [0.15, 0.2) is 24.3 Å². The second kappa shape index (κ2) is 13.5. The van der Waals surface area contributed by atoms with E-state index in [1.165, 1.54) is 31.2 Å². The van der Waals surface area contributed by atoms with E-state index in [9.17, 15) is 39.6 Å². The molecule has 12 heteroatoms. The Morgan fingerprint density at radius 3 is 1.97 bits per heavy atom. The quantitative estimate of drug-likeness (QED) is 0.159. The molecule has 12 nitrogen and oxygen atoms in total. The van der Waals surface area contributed by atoms with Crippen molar-refractivity contribution in [1.29, 1.82) is 0 Å². The van der Waals surface area contributed by atoms with E-state index >= 15 is 0 Å². The summed E-state index contributed by atoms with van der Waals surface area (Å²) in [6.45, 7) is 3.95. The third-order valence-electron chi connectivity index (χ3n) is 5.42. The lowest BCUT2D eigenvalue weighted by atomic mass is 9.97. The topological polar surface area (TPSA) is 211 Å². The molecule has 34 heavy (non-hydrogen) atoms. The highest BCUT2D eigenvalue weighted by Gasteiger charge is 2.33. The van der Waals surface area contributed by atoms with Crippen molar-refractivity contribution in [3.63, 3.8) is 0 Å². The zero-order chi connectivity index (χ0) is 26.0. The number of carboxylic acid groups (broad SMARTS) is 1. The Morgan fingerprint density at radius 1 is 0.941 bits per heavy atom. The van der Waals surface area contributed by atoms with Crippen molar-refractivity contribution in [2.24, 2.45) is 11.7 Å². The second-order valence-electron chi connectivity index (χ2n) is 8.15. The van der Waals surface area contributed by atoms with Crippen LogP contribution in [-0.4, -0.2) is 81.0 Å². The van der Waals surface area contributed by atoms with E-state index in [-0.39, 0.29) is 12.2 Å². The summed E-state index contributed by atoms with van der Waals surface area (Å²) in [5.41, 5.74) is 6.09. The SMILES string of the molecule is CCC(C)C(NC(=O)C(CO)NC(=O)C(N)C(C)O)C(=O)NC(Cc1ccc(O)cc1)C(=O)O. The highest BCUT2D eigenvalue weighted by atomic mass is 16.4. The number of hydrogen-bond donors (Lipinski definition) is 8. The average Bonchev–Trinajstić information content (AvgIpc) is 2.80. The number of rotatable bonds is 13. The van der Waals surface area contributed by atoms with Crippen LogP contribution in [0.3, 0.4) is 0 Å². The number of carbonyl (C=O) groups is 4. The van der Waals surface area contributed by atoms with Gasteiger partial charge < -0.3 is 42.1 Å². The molecule has 1 aromatic carbocycles. The van der Waals surface area contributed by atoms with Crippen molar-refractivity contribution in [1.82, 2.24) is 16.0 Å². The number of hydrogen-bond acceptors (Lipinski definition) is 8. The Balaban J connectivity index is 2.95. The molecular weight excluding hydrogens is 448 g/mol. The number of aliphatic hydroxyl groups is 2. The van der Waals surface area contributed by atoms with E-state index < -0.39 is 66.5 Å². The van der Waals surface area contributed by atoms with Gasteiger partial charge in [0.1, 0.15) is 29.9 Å². The van der Waals surface area contributed by atoms with Crippen LogP contribution in [0.5, 0.6) is 5.75 Å². The van der Waals surface area contributed by atoms with E-state index in [0.717, 1.165) is 0 Å². The molecule has 0 aromatic heterocycles. The Bertz CT molecular complexity index is 846. The van der Waals surface area contributed by atoms with Gasteiger partial charge in [-0.3, -0.25) is 14.4 Å². The molecule has 9 N–H and O–H groups in total. The van der Waals surface area contributed by atoms with Crippen molar-refractivity contribution in [2.75, 3.05) is 6.61 Å². The molecule has 0 saturated heterocycles. The molecule has 0 aliphatic carbocycles. The summed E-state index contributed by atoms with van der Waals surface area (Å²) in [4.78, 5) is 49.4. The van der Waals surface area contributed by atoms with E-state index in [0.29, 0.717) is 12.0 Å². The van der Waals surface area contributed by atoms with E-state index in [1.807, 2.05) is 0 Å². The average molecular weight is 483 g/mol. The van der Waals surface area contributed by atoms with Crippen molar-refractivity contribution >= 4 is 23.7 Å². The number of amides is 3. The van der Waals surface area contributed by atoms with Gasteiger partial charge in [0, 0.05) is 6.42 Å². The highest BCUT2D eigenvalue weighted by molar-refractivity contribution is 5.94. The number of nitrogens with one attached hydrogen (secondary N) is 3. The minimum Gasteiger partial charge on any atom is -0.508 e. The summed E-state index contributed by atoms with van der Waals surface area (Å²) in [6.07, 6.45) is -0.797. The molecule has 6 atom stereocenters. The summed E-state index contributed by atoms with van der Waals surface area (Å²) in [7, 11) is 0. The summed E-state index contributed by atoms with van der Waals surface area (Å²) in [5.74, 6) is -4.19. The van der Waals surface area contributed by atoms with Crippen LogP contribution in [-0.2, 0) is 25.6 Å². The number of carbonyl (C=O) groups excluding carboxylic acids is 3. The second-order valence-corrected chi connectivity index (χ2v) is 8.15. The summed E-state index contributed by atoms with van der Waals surface area (Å²) in [5, 5.41) is 45.0. The summed E-state index contributed by atoms with van der Waals surface area (Å²) >= 11 is 0. The predicted octanol–water partition coefficient (Wildman–Crippen LogP) is -1.78. The fourth-order valence-corrected chi connectivity index (χ4v) is 2.97. The van der Waals surface area contributed by atoms with Crippen LogP contribution in [0.1, 0.15) is 32.8 Å². The number of phenols is 1. The number of aromatic hydroxyl groups is 1. The van der Waals surface area contributed by atoms with E-state index in [1.54, 1.807) is 13.8 Å². The maximum atomic E-state index is 12.9. The van der Waals surface area contributed by atoms with Crippen LogP contribution in [0, 0.1) is 5.92 Å². The monoisotopic (exact) mass is 482 g/mol. The van der Waals surface area contributed by atoms with Crippen LogP contribution in [0.2, 0.25) is 0 Å². The third-order valence-corrected chi connectivity index (χ3v) is 5.42. The Hall–Kier alpha value is -3.22. The van der Waals surface area contributed by atoms with Gasteiger partial charge >= 0.3 is 5.97 Å². The molecule has 1 rings (SSSR count).